The largest absolute Gasteiger partial charge is 0.491 e. The Kier molecular flexibility index (Phi) is 5.36. The Bertz CT molecular complexity index is 333. The maximum atomic E-state index is 8.60. The van der Waals surface area contributed by atoms with Gasteiger partial charge in [0.05, 0.1) is 12.3 Å². The maximum absolute atomic E-state index is 8.60. The van der Waals surface area contributed by atoms with Crippen LogP contribution in [0.3, 0.4) is 0 Å². The molecule has 0 heterocycles. The molecule has 0 aliphatic rings. The first-order valence-electron chi connectivity index (χ1n) is 5.27. The molecule has 4 nitrogen and oxygen atoms in total. The van der Waals surface area contributed by atoms with Crippen molar-refractivity contribution in [1.82, 2.24) is 0 Å². The monoisotopic (exact) mass is 223 g/mol. The van der Waals surface area contributed by atoms with Crippen molar-refractivity contribution < 1.29 is 14.7 Å². The summed E-state index contributed by atoms with van der Waals surface area (Å²) >= 11 is 0. The molecule has 0 aromatic heterocycles. The Morgan fingerprint density at radius 2 is 1.94 bits per heavy atom. The van der Waals surface area contributed by atoms with E-state index in [0.29, 0.717) is 25.5 Å². The molecule has 0 aliphatic carbocycles. The zero-order chi connectivity index (χ0) is 11.8. The average Bonchev–Trinajstić information content (AvgIpc) is 2.34. The minimum absolute atomic E-state index is 0.542. The van der Waals surface area contributed by atoms with Crippen molar-refractivity contribution in [2.75, 3.05) is 19.8 Å². The van der Waals surface area contributed by atoms with Crippen molar-refractivity contribution in [2.45, 2.75) is 13.8 Å². The summed E-state index contributed by atoms with van der Waals surface area (Å²) in [4.78, 5) is 0. The second-order valence-corrected chi connectivity index (χ2v) is 3.26. The Hall–Kier alpha value is -1.55. The molecule has 0 radical (unpaired) electrons. The van der Waals surface area contributed by atoms with Gasteiger partial charge in [0.15, 0.2) is 0 Å². The number of oxime groups is 1. The van der Waals surface area contributed by atoms with Crippen LogP contribution in [0, 0.1) is 0 Å². The molecular formula is C12H17NO3. The van der Waals surface area contributed by atoms with Crippen LogP contribution in [0.15, 0.2) is 29.4 Å². The van der Waals surface area contributed by atoms with Gasteiger partial charge in [0.1, 0.15) is 12.4 Å². The minimum Gasteiger partial charge on any atom is -0.491 e. The number of nitrogens with zero attached hydrogens (tertiary/aromatic N) is 1. The molecule has 1 aromatic carbocycles. The fraction of sp³-hybridized carbons (Fsp3) is 0.417. The van der Waals surface area contributed by atoms with Crippen LogP contribution in [-0.4, -0.2) is 30.7 Å². The van der Waals surface area contributed by atoms with E-state index in [1.165, 1.54) is 0 Å². The van der Waals surface area contributed by atoms with Crippen LogP contribution >= 0.6 is 0 Å². The Morgan fingerprint density at radius 1 is 1.25 bits per heavy atom. The summed E-state index contributed by atoms with van der Waals surface area (Å²) in [5.74, 6) is 0.786. The Balaban J connectivity index is 2.45. The van der Waals surface area contributed by atoms with Crippen LogP contribution < -0.4 is 4.74 Å². The van der Waals surface area contributed by atoms with Gasteiger partial charge in [0, 0.05) is 6.61 Å². The van der Waals surface area contributed by atoms with Gasteiger partial charge >= 0.3 is 0 Å². The van der Waals surface area contributed by atoms with Crippen molar-refractivity contribution in [3.8, 4) is 5.75 Å². The van der Waals surface area contributed by atoms with E-state index in [4.69, 9.17) is 14.7 Å². The van der Waals surface area contributed by atoms with Crippen molar-refractivity contribution in [3.05, 3.63) is 29.8 Å². The van der Waals surface area contributed by atoms with Crippen molar-refractivity contribution in [3.63, 3.8) is 0 Å². The highest BCUT2D eigenvalue weighted by Crippen LogP contribution is 2.12. The standard InChI is InChI=1S/C12H17NO3/c1-3-15-8-9-16-12-6-4-11(5-7-12)10(2)13-14/h4-7,14H,3,8-9H2,1-2H3/b13-10+. The fourth-order valence-electron chi connectivity index (χ4n) is 1.21. The van der Waals surface area contributed by atoms with Crippen LogP contribution in [-0.2, 0) is 4.74 Å². The van der Waals surface area contributed by atoms with Gasteiger partial charge in [-0.15, -0.1) is 0 Å². The van der Waals surface area contributed by atoms with Crippen molar-refractivity contribution in [1.29, 1.82) is 0 Å². The van der Waals surface area contributed by atoms with Crippen molar-refractivity contribution >= 4 is 5.71 Å². The van der Waals surface area contributed by atoms with Gasteiger partial charge in [-0.25, -0.2) is 0 Å². The van der Waals surface area contributed by atoms with Crippen LogP contribution in [0.1, 0.15) is 19.4 Å². The molecule has 16 heavy (non-hydrogen) atoms. The smallest absolute Gasteiger partial charge is 0.119 e. The third-order valence-electron chi connectivity index (χ3n) is 2.12. The molecule has 0 fully saturated rings. The highest BCUT2D eigenvalue weighted by molar-refractivity contribution is 5.98. The summed E-state index contributed by atoms with van der Waals surface area (Å²) in [5, 5.41) is 11.7. The zero-order valence-electron chi connectivity index (χ0n) is 9.64. The first kappa shape index (κ1) is 12.5. The molecule has 0 aliphatic heterocycles. The lowest BCUT2D eigenvalue weighted by Gasteiger charge is -2.06. The third kappa shape index (κ3) is 3.90. The summed E-state index contributed by atoms with van der Waals surface area (Å²) < 4.78 is 10.6. The molecule has 0 bridgehead atoms. The molecule has 0 atom stereocenters. The van der Waals surface area contributed by atoms with E-state index in [-0.39, 0.29) is 0 Å². The summed E-state index contributed by atoms with van der Waals surface area (Å²) in [7, 11) is 0. The summed E-state index contributed by atoms with van der Waals surface area (Å²) in [6.45, 7) is 5.53. The lowest BCUT2D eigenvalue weighted by Crippen LogP contribution is -2.06. The van der Waals surface area contributed by atoms with Crippen LogP contribution in [0.5, 0.6) is 5.75 Å². The first-order valence-corrected chi connectivity index (χ1v) is 5.27. The van der Waals surface area contributed by atoms with Gasteiger partial charge in [0.2, 0.25) is 0 Å². The fourth-order valence-corrected chi connectivity index (χ4v) is 1.21. The van der Waals surface area contributed by atoms with Crippen LogP contribution in [0.4, 0.5) is 0 Å². The Labute approximate surface area is 95.5 Å². The van der Waals surface area contributed by atoms with E-state index in [1.54, 1.807) is 6.92 Å². The summed E-state index contributed by atoms with van der Waals surface area (Å²) in [6, 6.07) is 7.39. The van der Waals surface area contributed by atoms with Crippen molar-refractivity contribution in [2.24, 2.45) is 5.16 Å². The van der Waals surface area contributed by atoms with E-state index >= 15 is 0 Å². The number of ether oxygens (including phenoxy) is 2. The van der Waals surface area contributed by atoms with Crippen LogP contribution in [0.25, 0.3) is 0 Å². The molecule has 0 spiro atoms. The quantitative estimate of drug-likeness (QED) is 0.348. The van der Waals surface area contributed by atoms with Gasteiger partial charge < -0.3 is 14.7 Å². The van der Waals surface area contributed by atoms with Gasteiger partial charge in [-0.3, -0.25) is 0 Å². The predicted octanol–water partition coefficient (Wildman–Crippen LogP) is 2.30. The minimum atomic E-state index is 0.542. The van der Waals surface area contributed by atoms with Gasteiger partial charge in [-0.2, -0.15) is 0 Å². The zero-order valence-corrected chi connectivity index (χ0v) is 9.64. The summed E-state index contributed by atoms with van der Waals surface area (Å²) in [5.41, 5.74) is 1.46. The molecule has 0 saturated heterocycles. The van der Waals surface area contributed by atoms with E-state index in [1.807, 2.05) is 31.2 Å². The molecule has 1 N–H and O–H groups in total. The molecule has 1 aromatic rings. The van der Waals surface area contributed by atoms with E-state index < -0.39 is 0 Å². The molecule has 0 saturated carbocycles. The second-order valence-electron chi connectivity index (χ2n) is 3.26. The number of hydrogen-bond donors (Lipinski definition) is 1. The summed E-state index contributed by atoms with van der Waals surface area (Å²) in [6.07, 6.45) is 0. The maximum Gasteiger partial charge on any atom is 0.119 e. The lowest BCUT2D eigenvalue weighted by molar-refractivity contribution is 0.110. The first-order chi connectivity index (χ1) is 7.77. The third-order valence-corrected chi connectivity index (χ3v) is 2.12. The molecule has 4 heteroatoms. The van der Waals surface area contributed by atoms with Gasteiger partial charge in [0.25, 0.3) is 0 Å². The molecule has 0 unspecified atom stereocenters. The molecular weight excluding hydrogens is 206 g/mol. The Morgan fingerprint density at radius 3 is 2.50 bits per heavy atom. The normalized spacial score (nSPS) is 11.5. The van der Waals surface area contributed by atoms with Gasteiger partial charge in [-0.1, -0.05) is 5.16 Å². The lowest BCUT2D eigenvalue weighted by atomic mass is 10.1. The second kappa shape index (κ2) is 6.85. The highest BCUT2D eigenvalue weighted by Gasteiger charge is 1.98. The van der Waals surface area contributed by atoms with Gasteiger partial charge in [-0.05, 0) is 43.7 Å². The molecule has 1 rings (SSSR count). The number of benzene rings is 1. The average molecular weight is 223 g/mol. The van der Waals surface area contributed by atoms with E-state index in [9.17, 15) is 0 Å². The highest BCUT2D eigenvalue weighted by atomic mass is 16.5. The van der Waals surface area contributed by atoms with Crippen LogP contribution in [0.2, 0.25) is 0 Å². The van der Waals surface area contributed by atoms with E-state index in [2.05, 4.69) is 5.16 Å². The molecule has 0 amide bonds. The number of hydrogen-bond acceptors (Lipinski definition) is 4. The SMILES string of the molecule is CCOCCOc1ccc(/C(C)=N/O)cc1. The molecule has 88 valence electrons. The number of rotatable bonds is 6. The topological polar surface area (TPSA) is 51.0 Å². The predicted molar refractivity (Wildman–Crippen MR) is 62.4 cm³/mol. The van der Waals surface area contributed by atoms with E-state index in [0.717, 1.165) is 11.3 Å².